The molecule has 2 rings (SSSR count). The molecule has 0 fully saturated rings. The third kappa shape index (κ3) is 13.6. The van der Waals surface area contributed by atoms with Crippen molar-refractivity contribution in [3.63, 3.8) is 0 Å². The fourth-order valence-corrected chi connectivity index (χ4v) is 6.00. The van der Waals surface area contributed by atoms with Crippen LogP contribution < -0.4 is 10.6 Å². The van der Waals surface area contributed by atoms with Gasteiger partial charge in [0.25, 0.3) is 0 Å². The van der Waals surface area contributed by atoms with Crippen molar-refractivity contribution >= 4 is 63.3 Å². The lowest BCUT2D eigenvalue weighted by Gasteiger charge is -2.14. The molecule has 0 aromatic carbocycles. The van der Waals surface area contributed by atoms with Crippen molar-refractivity contribution in [3.8, 4) is 0 Å². The molecule has 12 heteroatoms. The average molecular weight is 583 g/mol. The van der Waals surface area contributed by atoms with Crippen LogP contribution in [0.4, 0.5) is 0 Å². The Balaban J connectivity index is 1.77. The van der Waals surface area contributed by atoms with Gasteiger partial charge in [0, 0.05) is 23.3 Å². The third-order valence-corrected chi connectivity index (χ3v) is 8.44. The average Bonchev–Trinajstić information content (AvgIpc) is 3.54. The van der Waals surface area contributed by atoms with Crippen molar-refractivity contribution in [1.82, 2.24) is 15.6 Å². The second-order valence-corrected chi connectivity index (χ2v) is 11.9. The Morgan fingerprint density at radius 1 is 1.26 bits per heavy atom. The summed E-state index contributed by atoms with van der Waals surface area (Å²) in [6.07, 6.45) is 9.82. The van der Waals surface area contributed by atoms with E-state index in [0.717, 1.165) is 34.3 Å². The number of amides is 2. The minimum absolute atomic E-state index is 0.0640. The van der Waals surface area contributed by atoms with E-state index in [-0.39, 0.29) is 36.6 Å². The Morgan fingerprint density at radius 3 is 2.82 bits per heavy atom. The quantitative estimate of drug-likeness (QED) is 0.107. The molecule has 1 aliphatic rings. The molecule has 210 valence electrons. The maximum Gasteiger partial charge on any atom is 0.326 e. The van der Waals surface area contributed by atoms with Gasteiger partial charge < -0.3 is 15.4 Å². The highest BCUT2D eigenvalue weighted by Crippen LogP contribution is 2.24. The number of allylic oxidation sites excluding steroid dienone is 1. The molecule has 0 unspecified atom stereocenters. The van der Waals surface area contributed by atoms with E-state index in [1.807, 2.05) is 11.5 Å². The number of thioether (sulfide) groups is 2. The number of rotatable bonds is 19. The summed E-state index contributed by atoms with van der Waals surface area (Å²) in [6.45, 7) is 4.22. The van der Waals surface area contributed by atoms with Gasteiger partial charge >= 0.3 is 5.97 Å². The summed E-state index contributed by atoms with van der Waals surface area (Å²) in [5.41, 5.74) is 0.832. The summed E-state index contributed by atoms with van der Waals surface area (Å²) in [7, 11) is 0. The number of carbonyl (C=O) groups excluding carboxylic acids is 4. The highest BCUT2D eigenvalue weighted by atomic mass is 32.2. The number of esters is 1. The van der Waals surface area contributed by atoms with E-state index in [0.29, 0.717) is 25.0 Å². The monoisotopic (exact) mass is 582 g/mol. The van der Waals surface area contributed by atoms with Gasteiger partial charge in [-0.3, -0.25) is 24.2 Å². The van der Waals surface area contributed by atoms with E-state index in [9.17, 15) is 19.2 Å². The molecule has 2 atom stereocenters. The highest BCUT2D eigenvalue weighted by molar-refractivity contribution is 8.14. The van der Waals surface area contributed by atoms with Crippen molar-refractivity contribution in [1.29, 1.82) is 0 Å². The van der Waals surface area contributed by atoms with Crippen molar-refractivity contribution in [3.05, 3.63) is 28.2 Å². The van der Waals surface area contributed by atoms with Gasteiger partial charge in [-0.25, -0.2) is 4.98 Å². The van der Waals surface area contributed by atoms with E-state index in [2.05, 4.69) is 34.5 Å². The summed E-state index contributed by atoms with van der Waals surface area (Å²) in [5, 5.41) is 8.91. The molecule has 0 radical (unpaired) electrons. The van der Waals surface area contributed by atoms with Crippen LogP contribution in [0.25, 0.3) is 0 Å². The second kappa shape index (κ2) is 19.0. The van der Waals surface area contributed by atoms with Crippen LogP contribution in [-0.4, -0.2) is 63.6 Å². The number of hydrogen-bond acceptors (Lipinski definition) is 10. The highest BCUT2D eigenvalue weighted by Gasteiger charge is 2.19. The number of unbranched alkanes of at least 4 members (excludes halogenated alkanes) is 4. The summed E-state index contributed by atoms with van der Waals surface area (Å²) in [4.78, 5) is 56.2. The molecule has 2 amide bonds. The van der Waals surface area contributed by atoms with Crippen LogP contribution in [0.2, 0.25) is 0 Å². The molecule has 1 aromatic rings. The van der Waals surface area contributed by atoms with Gasteiger partial charge in [0.15, 0.2) is 5.12 Å². The van der Waals surface area contributed by atoms with Crippen LogP contribution in [0.1, 0.15) is 75.9 Å². The minimum Gasteiger partial charge on any atom is -0.456 e. The number of nitrogens with zero attached hydrogens (tertiary/aromatic N) is 2. The molecule has 38 heavy (non-hydrogen) atoms. The fraction of sp³-hybridized carbons (Fsp3) is 0.615. The van der Waals surface area contributed by atoms with Gasteiger partial charge in [0.2, 0.25) is 12.3 Å². The Bertz CT molecular complexity index is 966. The maximum atomic E-state index is 12.6. The second-order valence-electron chi connectivity index (χ2n) is 8.83. The Kier molecular flexibility index (Phi) is 16.0. The zero-order chi connectivity index (χ0) is 27.6. The molecular weight excluding hydrogens is 545 g/mol. The van der Waals surface area contributed by atoms with Gasteiger partial charge in [-0.05, 0) is 25.8 Å². The number of carbonyl (C=O) groups is 4. The summed E-state index contributed by atoms with van der Waals surface area (Å²) < 4.78 is 5.36. The molecular formula is C26H38N4O5S3. The lowest BCUT2D eigenvalue weighted by atomic mass is 10.1. The Labute approximate surface area is 237 Å². The number of aromatic nitrogens is 1. The first-order valence-corrected chi connectivity index (χ1v) is 15.9. The molecule has 2 heterocycles. The van der Waals surface area contributed by atoms with Crippen LogP contribution >= 0.6 is 34.9 Å². The zero-order valence-electron chi connectivity index (χ0n) is 22.1. The van der Waals surface area contributed by atoms with Crippen LogP contribution in [0.3, 0.4) is 0 Å². The SMILES string of the molecule is CCCCCCCC(=O)SCC/C=C/[C@H](CC(=O)NCc1nc(C2=N[C@@H](C)CS2)cs1)OC(=O)CNC=O. The van der Waals surface area contributed by atoms with Gasteiger partial charge in [-0.2, -0.15) is 0 Å². The van der Waals surface area contributed by atoms with E-state index in [4.69, 9.17) is 4.74 Å². The zero-order valence-corrected chi connectivity index (χ0v) is 24.6. The first-order valence-electron chi connectivity index (χ1n) is 13.0. The largest absolute Gasteiger partial charge is 0.456 e. The lowest BCUT2D eigenvalue weighted by Crippen LogP contribution is -2.31. The van der Waals surface area contributed by atoms with E-state index < -0.39 is 12.1 Å². The predicted octanol–water partition coefficient (Wildman–Crippen LogP) is 4.26. The summed E-state index contributed by atoms with van der Waals surface area (Å²) in [5.74, 6) is 0.643. The van der Waals surface area contributed by atoms with Gasteiger partial charge in [-0.1, -0.05) is 50.4 Å². The van der Waals surface area contributed by atoms with E-state index in [1.165, 1.54) is 42.4 Å². The maximum absolute atomic E-state index is 12.6. The van der Waals surface area contributed by atoms with E-state index in [1.54, 1.807) is 17.8 Å². The topological polar surface area (TPSA) is 127 Å². The van der Waals surface area contributed by atoms with Crippen molar-refractivity contribution < 1.29 is 23.9 Å². The first-order chi connectivity index (χ1) is 18.4. The third-order valence-electron chi connectivity index (χ3n) is 5.39. The minimum atomic E-state index is -0.784. The Hall–Kier alpha value is -2.18. The first kappa shape index (κ1) is 32.0. The molecule has 1 aromatic heterocycles. The Morgan fingerprint density at radius 2 is 2.08 bits per heavy atom. The normalized spacial score (nSPS) is 15.7. The fourth-order valence-electron chi connectivity index (χ4n) is 3.45. The molecule has 0 saturated carbocycles. The van der Waals surface area contributed by atoms with Crippen LogP contribution in [0.5, 0.6) is 0 Å². The molecule has 9 nitrogen and oxygen atoms in total. The van der Waals surface area contributed by atoms with E-state index >= 15 is 0 Å². The number of ether oxygens (including phenoxy) is 1. The van der Waals surface area contributed by atoms with Crippen molar-refractivity contribution in [2.24, 2.45) is 4.99 Å². The number of thiazole rings is 1. The standard InChI is InChI=1S/C26H38N4O5S3/c1-3-4-5-6-7-11-25(34)36-12-9-8-10-20(35-24(33)15-27-18-31)13-22(32)28-14-23-30-21(17-37-23)26-29-19(2)16-38-26/h8,10,17-20H,3-7,9,11-16H2,1-2H3,(H,27,31)(H,28,32)/b10-8+/t19-,20+/m0/s1. The lowest BCUT2D eigenvalue weighted by molar-refractivity contribution is -0.147. The van der Waals surface area contributed by atoms with Crippen molar-refractivity contribution in [2.45, 2.75) is 83.9 Å². The number of nitrogens with one attached hydrogen (secondary N) is 2. The molecule has 0 saturated heterocycles. The van der Waals surface area contributed by atoms with Gasteiger partial charge in [0.1, 0.15) is 28.4 Å². The molecule has 0 aliphatic carbocycles. The number of aliphatic imine (C=N–C) groups is 1. The molecule has 1 aliphatic heterocycles. The molecule has 0 bridgehead atoms. The van der Waals surface area contributed by atoms with Crippen LogP contribution in [-0.2, 0) is 30.5 Å². The van der Waals surface area contributed by atoms with Crippen LogP contribution in [0, 0.1) is 0 Å². The smallest absolute Gasteiger partial charge is 0.326 e. The predicted molar refractivity (Wildman–Crippen MR) is 156 cm³/mol. The summed E-state index contributed by atoms with van der Waals surface area (Å²) >= 11 is 4.45. The van der Waals surface area contributed by atoms with Crippen molar-refractivity contribution in [2.75, 3.05) is 18.1 Å². The van der Waals surface area contributed by atoms with Gasteiger partial charge in [0.05, 0.1) is 19.0 Å². The molecule has 0 spiro atoms. The number of hydrogen-bond donors (Lipinski definition) is 2. The van der Waals surface area contributed by atoms with Gasteiger partial charge in [-0.15, -0.1) is 23.1 Å². The molecule has 2 N–H and O–H groups in total. The van der Waals surface area contributed by atoms with Crippen LogP contribution in [0.15, 0.2) is 22.5 Å². The summed E-state index contributed by atoms with van der Waals surface area (Å²) in [6, 6.07) is 0.286.